The Labute approximate surface area is 124 Å². The van der Waals surface area contributed by atoms with Crippen LogP contribution in [0.3, 0.4) is 0 Å². The molecule has 0 bridgehead atoms. The van der Waals surface area contributed by atoms with Crippen molar-refractivity contribution < 1.29 is 9.94 Å². The second kappa shape index (κ2) is 6.88. The van der Waals surface area contributed by atoms with E-state index in [1.807, 2.05) is 49.7 Å². The van der Waals surface area contributed by atoms with Gasteiger partial charge in [-0.2, -0.15) is 5.10 Å². The van der Waals surface area contributed by atoms with Crippen LogP contribution >= 0.6 is 0 Å². The molecule has 0 aliphatic carbocycles. The zero-order valence-corrected chi connectivity index (χ0v) is 12.5. The van der Waals surface area contributed by atoms with E-state index in [0.29, 0.717) is 18.7 Å². The van der Waals surface area contributed by atoms with Crippen LogP contribution in [0.2, 0.25) is 0 Å². The van der Waals surface area contributed by atoms with Gasteiger partial charge in [-0.25, -0.2) is 9.67 Å². The van der Waals surface area contributed by atoms with Gasteiger partial charge >= 0.3 is 0 Å². The molecule has 112 valence electrons. The van der Waals surface area contributed by atoms with Crippen molar-refractivity contribution in [3.8, 4) is 5.75 Å². The molecule has 6 heteroatoms. The van der Waals surface area contributed by atoms with E-state index in [2.05, 4.69) is 15.2 Å². The zero-order valence-electron chi connectivity index (χ0n) is 12.5. The van der Waals surface area contributed by atoms with Crippen molar-refractivity contribution in [2.75, 3.05) is 0 Å². The number of oxime groups is 1. The molecule has 2 rings (SSSR count). The van der Waals surface area contributed by atoms with Crippen molar-refractivity contribution in [3.05, 3.63) is 42.0 Å². The molecule has 1 aromatic heterocycles. The maximum Gasteiger partial charge on any atom is 0.165 e. The van der Waals surface area contributed by atoms with Crippen molar-refractivity contribution >= 4 is 5.71 Å². The number of benzene rings is 1. The maximum absolute atomic E-state index is 8.90. The SMILES string of the molecule is CCC(=NO)c1ccc(OCc2ncnn2C(C)C)cc1. The Hall–Kier alpha value is -2.37. The third-order valence-electron chi connectivity index (χ3n) is 3.15. The Balaban J connectivity index is 2.02. The Morgan fingerprint density at radius 3 is 2.62 bits per heavy atom. The minimum atomic E-state index is 0.251. The van der Waals surface area contributed by atoms with E-state index in [0.717, 1.165) is 17.1 Å². The second-order valence-corrected chi connectivity index (χ2v) is 4.93. The highest BCUT2D eigenvalue weighted by Gasteiger charge is 2.08. The summed E-state index contributed by atoms with van der Waals surface area (Å²) < 4.78 is 7.55. The van der Waals surface area contributed by atoms with Gasteiger partial charge in [-0.3, -0.25) is 0 Å². The molecule has 2 aromatic rings. The third kappa shape index (κ3) is 3.59. The van der Waals surface area contributed by atoms with Crippen LogP contribution in [-0.2, 0) is 6.61 Å². The molecule has 6 nitrogen and oxygen atoms in total. The molecular weight excluding hydrogens is 268 g/mol. The van der Waals surface area contributed by atoms with Crippen LogP contribution in [-0.4, -0.2) is 25.7 Å². The summed E-state index contributed by atoms with van der Waals surface area (Å²) >= 11 is 0. The lowest BCUT2D eigenvalue weighted by molar-refractivity contribution is 0.282. The highest BCUT2D eigenvalue weighted by Crippen LogP contribution is 2.16. The van der Waals surface area contributed by atoms with Crippen LogP contribution in [0.4, 0.5) is 0 Å². The summed E-state index contributed by atoms with van der Waals surface area (Å²) in [7, 11) is 0. The first kappa shape index (κ1) is 15.0. The minimum Gasteiger partial charge on any atom is -0.486 e. The lowest BCUT2D eigenvalue weighted by atomic mass is 10.1. The average Bonchev–Trinajstić information content (AvgIpc) is 2.96. The molecule has 0 atom stereocenters. The Kier molecular flexibility index (Phi) is 4.92. The van der Waals surface area contributed by atoms with Gasteiger partial charge in [0.1, 0.15) is 18.7 Å². The number of ether oxygens (including phenoxy) is 1. The molecule has 1 N–H and O–H groups in total. The number of hydrogen-bond donors (Lipinski definition) is 1. The molecule has 0 amide bonds. The van der Waals surface area contributed by atoms with E-state index >= 15 is 0 Å². The largest absolute Gasteiger partial charge is 0.486 e. The molecule has 1 aromatic carbocycles. The van der Waals surface area contributed by atoms with Gasteiger partial charge in [-0.15, -0.1) is 0 Å². The zero-order chi connectivity index (χ0) is 15.2. The first-order valence-electron chi connectivity index (χ1n) is 6.98. The van der Waals surface area contributed by atoms with Crippen molar-refractivity contribution in [1.29, 1.82) is 0 Å². The van der Waals surface area contributed by atoms with Crippen molar-refractivity contribution in [1.82, 2.24) is 14.8 Å². The fourth-order valence-corrected chi connectivity index (χ4v) is 2.03. The Morgan fingerprint density at radius 2 is 2.05 bits per heavy atom. The van der Waals surface area contributed by atoms with Crippen LogP contribution < -0.4 is 4.74 Å². The molecule has 21 heavy (non-hydrogen) atoms. The fourth-order valence-electron chi connectivity index (χ4n) is 2.03. The molecule has 0 unspecified atom stereocenters. The molecule has 0 saturated carbocycles. The fraction of sp³-hybridized carbons (Fsp3) is 0.400. The van der Waals surface area contributed by atoms with Gasteiger partial charge in [-0.1, -0.05) is 12.1 Å². The van der Waals surface area contributed by atoms with Gasteiger partial charge in [-0.05, 0) is 50.1 Å². The summed E-state index contributed by atoms with van der Waals surface area (Å²) in [6.45, 7) is 6.41. The molecule has 0 spiro atoms. The average molecular weight is 288 g/mol. The van der Waals surface area contributed by atoms with Gasteiger partial charge in [0.05, 0.1) is 5.71 Å². The molecule has 0 saturated heterocycles. The summed E-state index contributed by atoms with van der Waals surface area (Å²) in [5, 5.41) is 16.3. The molecule has 0 aliphatic rings. The van der Waals surface area contributed by atoms with Gasteiger partial charge in [0.25, 0.3) is 0 Å². The number of nitrogens with zero attached hydrogens (tertiary/aromatic N) is 4. The topological polar surface area (TPSA) is 72.5 Å². The minimum absolute atomic E-state index is 0.251. The Morgan fingerprint density at radius 1 is 1.33 bits per heavy atom. The van der Waals surface area contributed by atoms with E-state index in [1.165, 1.54) is 6.33 Å². The van der Waals surface area contributed by atoms with E-state index in [1.54, 1.807) is 0 Å². The Bertz CT molecular complexity index is 602. The monoisotopic (exact) mass is 288 g/mol. The molecule has 0 radical (unpaired) electrons. The van der Waals surface area contributed by atoms with Crippen LogP contribution in [0.25, 0.3) is 0 Å². The molecule has 1 heterocycles. The summed E-state index contributed by atoms with van der Waals surface area (Å²) in [4.78, 5) is 4.20. The predicted molar refractivity (Wildman–Crippen MR) is 79.8 cm³/mol. The number of aromatic nitrogens is 3. The van der Waals surface area contributed by atoms with Crippen LogP contribution in [0.5, 0.6) is 5.75 Å². The summed E-state index contributed by atoms with van der Waals surface area (Å²) in [6, 6.07) is 7.71. The quantitative estimate of drug-likeness (QED) is 0.504. The first-order valence-corrected chi connectivity index (χ1v) is 6.98. The van der Waals surface area contributed by atoms with Crippen LogP contribution in [0.15, 0.2) is 35.7 Å². The van der Waals surface area contributed by atoms with Crippen molar-refractivity contribution in [2.45, 2.75) is 39.8 Å². The van der Waals surface area contributed by atoms with Gasteiger partial charge in [0.15, 0.2) is 5.82 Å². The summed E-state index contributed by atoms with van der Waals surface area (Å²) in [5.74, 6) is 1.53. The third-order valence-corrected chi connectivity index (χ3v) is 3.15. The van der Waals surface area contributed by atoms with E-state index in [4.69, 9.17) is 9.94 Å². The number of rotatable bonds is 6. The van der Waals surface area contributed by atoms with Gasteiger partial charge in [0.2, 0.25) is 0 Å². The van der Waals surface area contributed by atoms with E-state index in [9.17, 15) is 0 Å². The maximum atomic E-state index is 8.90. The lowest BCUT2D eigenvalue weighted by Gasteiger charge is -2.11. The molecule has 0 fully saturated rings. The van der Waals surface area contributed by atoms with Gasteiger partial charge < -0.3 is 9.94 Å². The van der Waals surface area contributed by atoms with E-state index in [-0.39, 0.29) is 6.04 Å². The normalized spacial score (nSPS) is 11.9. The van der Waals surface area contributed by atoms with Crippen molar-refractivity contribution in [3.63, 3.8) is 0 Å². The molecular formula is C15H20N4O2. The molecule has 0 aliphatic heterocycles. The van der Waals surface area contributed by atoms with Crippen LogP contribution in [0.1, 0.15) is 44.6 Å². The predicted octanol–water partition coefficient (Wildman–Crippen LogP) is 3.03. The highest BCUT2D eigenvalue weighted by atomic mass is 16.5. The summed E-state index contributed by atoms with van der Waals surface area (Å²) in [6.07, 6.45) is 2.21. The van der Waals surface area contributed by atoms with Gasteiger partial charge in [0, 0.05) is 6.04 Å². The highest BCUT2D eigenvalue weighted by molar-refractivity contribution is 6.00. The summed E-state index contributed by atoms with van der Waals surface area (Å²) in [5.41, 5.74) is 1.54. The second-order valence-electron chi connectivity index (χ2n) is 4.93. The lowest BCUT2D eigenvalue weighted by Crippen LogP contribution is -2.10. The number of hydrogen-bond acceptors (Lipinski definition) is 5. The van der Waals surface area contributed by atoms with E-state index < -0.39 is 0 Å². The van der Waals surface area contributed by atoms with Crippen molar-refractivity contribution in [2.24, 2.45) is 5.16 Å². The smallest absolute Gasteiger partial charge is 0.165 e. The van der Waals surface area contributed by atoms with Crippen LogP contribution in [0, 0.1) is 0 Å². The standard InChI is InChI=1S/C15H20N4O2/c1-4-14(18-20)12-5-7-13(8-6-12)21-9-15-16-10-17-19(15)11(2)3/h5-8,10-11,20H,4,9H2,1-3H3. The first-order chi connectivity index (χ1) is 10.2.